The van der Waals surface area contributed by atoms with Gasteiger partial charge in [0.05, 0.1) is 11.4 Å². The van der Waals surface area contributed by atoms with E-state index in [0.717, 1.165) is 17.1 Å². The van der Waals surface area contributed by atoms with Crippen molar-refractivity contribution in [3.8, 4) is 0 Å². The van der Waals surface area contributed by atoms with Gasteiger partial charge in [0.15, 0.2) is 0 Å². The SMILES string of the molecule is CC(=O)Nc1ccc(C)cc1NC(=O)c1cc(S(=O)(=O)N2CCSCC2)c[nH]1. The number of aryl methyl sites for hydroxylation is 1. The van der Waals surface area contributed by atoms with Gasteiger partial charge in [-0.15, -0.1) is 0 Å². The number of nitrogens with one attached hydrogen (secondary N) is 3. The Morgan fingerprint density at radius 1 is 1.11 bits per heavy atom. The van der Waals surface area contributed by atoms with Crippen LogP contribution in [-0.4, -0.2) is 54.1 Å². The number of sulfonamides is 1. The predicted molar refractivity (Wildman–Crippen MR) is 110 cm³/mol. The number of hydrogen-bond donors (Lipinski definition) is 3. The second-order valence-corrected chi connectivity index (χ2v) is 9.61. The van der Waals surface area contributed by atoms with E-state index in [1.165, 1.54) is 23.5 Å². The van der Waals surface area contributed by atoms with Crippen molar-refractivity contribution in [1.82, 2.24) is 9.29 Å². The molecule has 0 radical (unpaired) electrons. The Kier molecular flexibility index (Phi) is 6.11. The first kappa shape index (κ1) is 20.4. The monoisotopic (exact) mass is 422 g/mol. The van der Waals surface area contributed by atoms with E-state index in [0.29, 0.717) is 24.5 Å². The van der Waals surface area contributed by atoms with Gasteiger partial charge in [-0.3, -0.25) is 9.59 Å². The molecule has 3 rings (SSSR count). The van der Waals surface area contributed by atoms with Crippen molar-refractivity contribution in [3.05, 3.63) is 41.7 Å². The fourth-order valence-electron chi connectivity index (χ4n) is 2.84. The van der Waals surface area contributed by atoms with Gasteiger partial charge < -0.3 is 15.6 Å². The molecule has 1 aliphatic rings. The quantitative estimate of drug-likeness (QED) is 0.684. The van der Waals surface area contributed by atoms with Gasteiger partial charge in [-0.1, -0.05) is 6.07 Å². The number of thioether (sulfide) groups is 1. The number of hydrogen-bond acceptors (Lipinski definition) is 5. The minimum atomic E-state index is -3.63. The topological polar surface area (TPSA) is 111 Å². The van der Waals surface area contributed by atoms with Crippen molar-refractivity contribution < 1.29 is 18.0 Å². The van der Waals surface area contributed by atoms with E-state index in [9.17, 15) is 18.0 Å². The second kappa shape index (κ2) is 8.38. The summed E-state index contributed by atoms with van der Waals surface area (Å²) in [6, 6.07) is 6.58. The number of H-pyrrole nitrogens is 1. The van der Waals surface area contributed by atoms with E-state index in [2.05, 4.69) is 15.6 Å². The van der Waals surface area contributed by atoms with Crippen LogP contribution in [0.2, 0.25) is 0 Å². The molecule has 1 saturated heterocycles. The van der Waals surface area contributed by atoms with Crippen molar-refractivity contribution in [3.63, 3.8) is 0 Å². The average molecular weight is 423 g/mol. The first-order chi connectivity index (χ1) is 13.3. The summed E-state index contributed by atoms with van der Waals surface area (Å²) in [5.74, 6) is 0.771. The molecule has 3 N–H and O–H groups in total. The van der Waals surface area contributed by atoms with E-state index >= 15 is 0 Å². The largest absolute Gasteiger partial charge is 0.356 e. The second-order valence-electron chi connectivity index (χ2n) is 6.45. The minimum absolute atomic E-state index is 0.0656. The van der Waals surface area contributed by atoms with Crippen LogP contribution in [0.3, 0.4) is 0 Å². The van der Waals surface area contributed by atoms with Gasteiger partial charge in [0.25, 0.3) is 5.91 Å². The molecule has 150 valence electrons. The number of carbonyl (C=O) groups excluding carboxylic acids is 2. The zero-order valence-corrected chi connectivity index (χ0v) is 17.2. The molecule has 10 heteroatoms. The Balaban J connectivity index is 1.80. The maximum atomic E-state index is 12.7. The minimum Gasteiger partial charge on any atom is -0.356 e. The summed E-state index contributed by atoms with van der Waals surface area (Å²) in [7, 11) is -3.63. The molecule has 0 aliphatic carbocycles. The molecule has 28 heavy (non-hydrogen) atoms. The van der Waals surface area contributed by atoms with Gasteiger partial charge in [-0.25, -0.2) is 8.42 Å². The molecule has 0 unspecified atom stereocenters. The highest BCUT2D eigenvalue weighted by Gasteiger charge is 2.27. The lowest BCUT2D eigenvalue weighted by Gasteiger charge is -2.24. The van der Waals surface area contributed by atoms with Crippen molar-refractivity contribution in [2.75, 3.05) is 35.2 Å². The van der Waals surface area contributed by atoms with Gasteiger partial charge in [0, 0.05) is 37.7 Å². The molecular formula is C18H22N4O4S2. The Morgan fingerprint density at radius 3 is 2.50 bits per heavy atom. The number of aromatic nitrogens is 1. The Morgan fingerprint density at radius 2 is 1.82 bits per heavy atom. The lowest BCUT2D eigenvalue weighted by atomic mass is 10.2. The van der Waals surface area contributed by atoms with Crippen LogP contribution >= 0.6 is 11.8 Å². The van der Waals surface area contributed by atoms with Crippen LogP contribution in [0.25, 0.3) is 0 Å². The summed E-state index contributed by atoms with van der Waals surface area (Å²) >= 11 is 1.72. The average Bonchev–Trinajstić information content (AvgIpc) is 3.15. The summed E-state index contributed by atoms with van der Waals surface area (Å²) in [6.45, 7) is 4.17. The van der Waals surface area contributed by atoms with Gasteiger partial charge in [-0.2, -0.15) is 16.1 Å². The van der Waals surface area contributed by atoms with Crippen LogP contribution in [0.15, 0.2) is 35.4 Å². The lowest BCUT2D eigenvalue weighted by molar-refractivity contribution is -0.114. The van der Waals surface area contributed by atoms with E-state index < -0.39 is 15.9 Å². The molecule has 1 fully saturated rings. The van der Waals surface area contributed by atoms with Crippen molar-refractivity contribution in [2.24, 2.45) is 0 Å². The number of aromatic amines is 1. The smallest absolute Gasteiger partial charge is 0.272 e. The van der Waals surface area contributed by atoms with Gasteiger partial charge in [0.1, 0.15) is 10.6 Å². The van der Waals surface area contributed by atoms with Crippen LogP contribution < -0.4 is 10.6 Å². The van der Waals surface area contributed by atoms with Crippen LogP contribution in [0.1, 0.15) is 23.0 Å². The summed E-state index contributed by atoms with van der Waals surface area (Å²) in [6.07, 6.45) is 1.33. The molecule has 0 saturated carbocycles. The molecular weight excluding hydrogens is 400 g/mol. The third-order valence-corrected chi connectivity index (χ3v) is 7.06. The van der Waals surface area contributed by atoms with Crippen molar-refractivity contribution in [2.45, 2.75) is 18.7 Å². The number of carbonyl (C=O) groups is 2. The van der Waals surface area contributed by atoms with Gasteiger partial charge in [-0.05, 0) is 30.7 Å². The first-order valence-electron chi connectivity index (χ1n) is 8.73. The molecule has 2 amide bonds. The number of amides is 2. The summed E-state index contributed by atoms with van der Waals surface area (Å²) < 4.78 is 26.9. The fraction of sp³-hybridized carbons (Fsp3) is 0.333. The highest BCUT2D eigenvalue weighted by atomic mass is 32.2. The molecule has 1 aliphatic heterocycles. The van der Waals surface area contributed by atoms with E-state index in [-0.39, 0.29) is 16.5 Å². The molecule has 1 aromatic heterocycles. The zero-order chi connectivity index (χ0) is 20.3. The Hall–Kier alpha value is -2.30. The third-order valence-electron chi connectivity index (χ3n) is 4.24. The standard InChI is InChI=1S/C18H22N4O4S2/c1-12-3-4-15(20-13(2)23)16(9-12)21-18(24)17-10-14(11-19-17)28(25,26)22-5-7-27-8-6-22/h3-4,9-11,19H,5-8H2,1-2H3,(H,20,23)(H,21,24). The van der Waals surface area contributed by atoms with E-state index in [1.54, 1.807) is 23.9 Å². The van der Waals surface area contributed by atoms with Crippen LogP contribution in [-0.2, 0) is 14.8 Å². The van der Waals surface area contributed by atoms with Gasteiger partial charge in [0.2, 0.25) is 15.9 Å². The van der Waals surface area contributed by atoms with E-state index in [4.69, 9.17) is 0 Å². The normalized spacial score (nSPS) is 15.2. The fourth-order valence-corrected chi connectivity index (χ4v) is 5.41. The highest BCUT2D eigenvalue weighted by Crippen LogP contribution is 2.25. The number of nitrogens with zero attached hydrogens (tertiary/aromatic N) is 1. The lowest BCUT2D eigenvalue weighted by Crippen LogP contribution is -2.37. The van der Waals surface area contributed by atoms with Crippen molar-refractivity contribution in [1.29, 1.82) is 0 Å². The zero-order valence-electron chi connectivity index (χ0n) is 15.6. The first-order valence-corrected chi connectivity index (χ1v) is 11.3. The van der Waals surface area contributed by atoms with E-state index in [1.807, 2.05) is 13.0 Å². The molecule has 8 nitrogen and oxygen atoms in total. The van der Waals surface area contributed by atoms with Crippen molar-refractivity contribution >= 4 is 45.0 Å². The summed E-state index contributed by atoms with van der Waals surface area (Å²) in [5, 5.41) is 5.38. The van der Waals surface area contributed by atoms with Crippen LogP contribution in [0.5, 0.6) is 0 Å². The molecule has 0 spiro atoms. The summed E-state index contributed by atoms with van der Waals surface area (Å²) in [4.78, 5) is 26.8. The predicted octanol–water partition coefficient (Wildman–Crippen LogP) is 2.27. The van der Waals surface area contributed by atoms with Gasteiger partial charge >= 0.3 is 0 Å². The Bertz CT molecular complexity index is 995. The van der Waals surface area contributed by atoms with Crippen LogP contribution in [0.4, 0.5) is 11.4 Å². The molecule has 1 aromatic carbocycles. The number of anilines is 2. The maximum absolute atomic E-state index is 12.7. The molecule has 0 bridgehead atoms. The number of rotatable bonds is 5. The molecule has 2 heterocycles. The van der Waals surface area contributed by atoms with Crippen LogP contribution in [0, 0.1) is 6.92 Å². The third kappa shape index (κ3) is 4.57. The highest BCUT2D eigenvalue weighted by molar-refractivity contribution is 7.99. The maximum Gasteiger partial charge on any atom is 0.272 e. The summed E-state index contributed by atoms with van der Waals surface area (Å²) in [5.41, 5.74) is 1.94. The number of benzene rings is 1. The molecule has 0 atom stereocenters. The molecule has 2 aromatic rings. The Labute approximate surface area is 168 Å².